The predicted molar refractivity (Wildman–Crippen MR) is 66.8 cm³/mol. The average Bonchev–Trinajstić information content (AvgIpc) is 3.01. The summed E-state index contributed by atoms with van der Waals surface area (Å²) in [6.07, 6.45) is 1.96. The first-order valence-electron chi connectivity index (χ1n) is 6.06. The lowest BCUT2D eigenvalue weighted by Crippen LogP contribution is -1.98. The molecule has 1 aromatic carbocycles. The summed E-state index contributed by atoms with van der Waals surface area (Å²) in [7, 11) is 0. The van der Waals surface area contributed by atoms with Crippen LogP contribution in [0.25, 0.3) is 11.5 Å². The van der Waals surface area contributed by atoms with E-state index in [1.165, 1.54) is 0 Å². The van der Waals surface area contributed by atoms with Gasteiger partial charge in [0, 0.05) is 12.3 Å². The minimum absolute atomic E-state index is 0.0338. The molecule has 1 fully saturated rings. The molecule has 18 heavy (non-hydrogen) atoms. The number of aromatic nitrogens is 2. The van der Waals surface area contributed by atoms with Crippen molar-refractivity contribution in [2.24, 2.45) is 0 Å². The van der Waals surface area contributed by atoms with E-state index in [1.54, 1.807) is 0 Å². The fraction of sp³-hybridized carbons (Fsp3) is 0.385. The predicted octanol–water partition coefficient (Wildman–Crippen LogP) is 2.48. The smallest absolute Gasteiger partial charge is 0.260 e. The van der Waals surface area contributed by atoms with Crippen molar-refractivity contribution in [1.82, 2.24) is 10.1 Å². The summed E-state index contributed by atoms with van der Waals surface area (Å²) >= 11 is 0. The topological polar surface area (TPSA) is 74.2 Å². The number of hydrogen-bond donors (Lipinski definition) is 1. The summed E-state index contributed by atoms with van der Waals surface area (Å²) in [5.41, 5.74) is 8.49. The number of rotatable bonds is 2. The zero-order chi connectivity index (χ0) is 12.5. The second kappa shape index (κ2) is 4.42. The van der Waals surface area contributed by atoms with Gasteiger partial charge in [-0.3, -0.25) is 0 Å². The molecule has 2 N–H and O–H groups in total. The molecule has 3 rings (SSSR count). The third-order valence-corrected chi connectivity index (χ3v) is 3.21. The zero-order valence-electron chi connectivity index (χ0n) is 10.2. The normalized spacial score (nSPS) is 19.3. The Morgan fingerprint density at radius 3 is 3.06 bits per heavy atom. The average molecular weight is 245 g/mol. The van der Waals surface area contributed by atoms with E-state index in [1.807, 2.05) is 25.1 Å². The molecule has 0 bridgehead atoms. The highest BCUT2D eigenvalue weighted by atomic mass is 16.5. The molecule has 1 unspecified atom stereocenters. The number of anilines is 1. The SMILES string of the molecule is Cc1cccc(-c2nc(C3CCCO3)no2)c1N. The number of nitrogen functional groups attached to an aromatic ring is 1. The highest BCUT2D eigenvalue weighted by Gasteiger charge is 2.24. The molecule has 2 aromatic rings. The maximum absolute atomic E-state index is 6.02. The van der Waals surface area contributed by atoms with Crippen LogP contribution in [0, 0.1) is 6.92 Å². The van der Waals surface area contributed by atoms with E-state index in [2.05, 4.69) is 10.1 Å². The largest absolute Gasteiger partial charge is 0.398 e. The van der Waals surface area contributed by atoms with Gasteiger partial charge in [-0.25, -0.2) is 0 Å². The number of nitrogens with zero attached hydrogens (tertiary/aromatic N) is 2. The Balaban J connectivity index is 1.95. The number of nitrogens with two attached hydrogens (primary N) is 1. The first-order chi connectivity index (χ1) is 8.75. The van der Waals surface area contributed by atoms with Gasteiger partial charge in [0.25, 0.3) is 5.89 Å². The Labute approximate surface area is 105 Å². The molecule has 0 saturated carbocycles. The molecule has 1 aliphatic heterocycles. The monoisotopic (exact) mass is 245 g/mol. The standard InChI is InChI=1S/C13H15N3O2/c1-8-4-2-5-9(11(8)14)13-15-12(16-18-13)10-6-3-7-17-10/h2,4-5,10H,3,6-7,14H2,1H3. The highest BCUT2D eigenvalue weighted by molar-refractivity contribution is 5.73. The zero-order valence-corrected chi connectivity index (χ0v) is 10.2. The summed E-state index contributed by atoms with van der Waals surface area (Å²) in [6, 6.07) is 5.77. The van der Waals surface area contributed by atoms with Crippen molar-refractivity contribution in [3.63, 3.8) is 0 Å². The molecule has 1 aliphatic rings. The number of hydrogen-bond acceptors (Lipinski definition) is 5. The van der Waals surface area contributed by atoms with Crippen molar-refractivity contribution in [3.8, 4) is 11.5 Å². The van der Waals surface area contributed by atoms with Gasteiger partial charge in [0.1, 0.15) is 6.10 Å². The first-order valence-corrected chi connectivity index (χ1v) is 6.06. The molecule has 0 amide bonds. The van der Waals surface area contributed by atoms with Crippen LogP contribution in [0.4, 0.5) is 5.69 Å². The molecule has 2 heterocycles. The number of aryl methyl sites for hydroxylation is 1. The molecule has 0 spiro atoms. The van der Waals surface area contributed by atoms with Gasteiger partial charge in [-0.2, -0.15) is 4.98 Å². The molecule has 5 nitrogen and oxygen atoms in total. The van der Waals surface area contributed by atoms with Crippen LogP contribution in [0.5, 0.6) is 0 Å². The van der Waals surface area contributed by atoms with Crippen molar-refractivity contribution < 1.29 is 9.26 Å². The van der Waals surface area contributed by atoms with E-state index >= 15 is 0 Å². The van der Waals surface area contributed by atoms with Crippen LogP contribution in [0.3, 0.4) is 0 Å². The minimum atomic E-state index is -0.0338. The summed E-state index contributed by atoms with van der Waals surface area (Å²) in [6.45, 7) is 2.72. The van der Waals surface area contributed by atoms with Crippen molar-refractivity contribution in [3.05, 3.63) is 29.6 Å². The first kappa shape index (κ1) is 11.2. The van der Waals surface area contributed by atoms with Gasteiger partial charge in [0.05, 0.1) is 5.56 Å². The van der Waals surface area contributed by atoms with E-state index in [0.717, 1.165) is 30.6 Å². The van der Waals surface area contributed by atoms with Crippen LogP contribution in [-0.2, 0) is 4.74 Å². The second-order valence-electron chi connectivity index (χ2n) is 4.50. The van der Waals surface area contributed by atoms with Crippen molar-refractivity contribution in [1.29, 1.82) is 0 Å². The quantitative estimate of drug-likeness (QED) is 0.823. The van der Waals surface area contributed by atoms with Gasteiger partial charge in [-0.05, 0) is 31.4 Å². The Morgan fingerprint density at radius 2 is 2.28 bits per heavy atom. The van der Waals surface area contributed by atoms with E-state index in [0.29, 0.717) is 17.4 Å². The maximum atomic E-state index is 6.02. The Bertz CT molecular complexity index is 559. The van der Waals surface area contributed by atoms with Crippen LogP contribution >= 0.6 is 0 Å². The molecular formula is C13H15N3O2. The lowest BCUT2D eigenvalue weighted by Gasteiger charge is -2.03. The van der Waals surface area contributed by atoms with Crippen LogP contribution in [0.2, 0.25) is 0 Å². The fourth-order valence-electron chi connectivity index (χ4n) is 2.12. The Hall–Kier alpha value is -1.88. The molecular weight excluding hydrogens is 230 g/mol. The van der Waals surface area contributed by atoms with E-state index in [9.17, 15) is 0 Å². The molecule has 1 atom stereocenters. The van der Waals surface area contributed by atoms with Gasteiger partial charge in [-0.15, -0.1) is 0 Å². The maximum Gasteiger partial charge on any atom is 0.260 e. The van der Waals surface area contributed by atoms with Crippen LogP contribution in [0.15, 0.2) is 22.7 Å². The van der Waals surface area contributed by atoms with Crippen molar-refractivity contribution in [2.45, 2.75) is 25.9 Å². The third kappa shape index (κ3) is 1.86. The van der Waals surface area contributed by atoms with E-state index in [-0.39, 0.29) is 6.10 Å². The van der Waals surface area contributed by atoms with E-state index < -0.39 is 0 Å². The molecule has 5 heteroatoms. The summed E-state index contributed by atoms with van der Waals surface area (Å²) in [5.74, 6) is 1.07. The lowest BCUT2D eigenvalue weighted by molar-refractivity contribution is 0.103. The second-order valence-corrected chi connectivity index (χ2v) is 4.50. The summed E-state index contributed by atoms with van der Waals surface area (Å²) in [4.78, 5) is 4.38. The summed E-state index contributed by atoms with van der Waals surface area (Å²) < 4.78 is 10.8. The lowest BCUT2D eigenvalue weighted by atomic mass is 10.1. The van der Waals surface area contributed by atoms with Crippen molar-refractivity contribution >= 4 is 5.69 Å². The van der Waals surface area contributed by atoms with Crippen molar-refractivity contribution in [2.75, 3.05) is 12.3 Å². The molecule has 94 valence electrons. The van der Waals surface area contributed by atoms with Gasteiger partial charge < -0.3 is 15.0 Å². The molecule has 0 aliphatic carbocycles. The van der Waals surface area contributed by atoms with Gasteiger partial charge in [0.15, 0.2) is 0 Å². The van der Waals surface area contributed by atoms with Gasteiger partial charge in [-0.1, -0.05) is 17.3 Å². The molecule has 1 saturated heterocycles. The number of ether oxygens (including phenoxy) is 1. The van der Waals surface area contributed by atoms with Gasteiger partial charge >= 0.3 is 0 Å². The third-order valence-electron chi connectivity index (χ3n) is 3.21. The van der Waals surface area contributed by atoms with Gasteiger partial charge in [0.2, 0.25) is 5.82 Å². The fourth-order valence-corrected chi connectivity index (χ4v) is 2.12. The van der Waals surface area contributed by atoms with Crippen LogP contribution in [-0.4, -0.2) is 16.7 Å². The van der Waals surface area contributed by atoms with E-state index in [4.69, 9.17) is 15.0 Å². The molecule has 1 aromatic heterocycles. The molecule has 0 radical (unpaired) electrons. The Morgan fingerprint density at radius 1 is 1.39 bits per heavy atom. The minimum Gasteiger partial charge on any atom is -0.398 e. The summed E-state index contributed by atoms with van der Waals surface area (Å²) in [5, 5.41) is 3.98. The number of benzene rings is 1. The number of para-hydroxylation sites is 1. The highest BCUT2D eigenvalue weighted by Crippen LogP contribution is 2.30. The van der Waals surface area contributed by atoms with Crippen LogP contribution in [0.1, 0.15) is 30.3 Å². The van der Waals surface area contributed by atoms with Crippen LogP contribution < -0.4 is 5.73 Å². The Kier molecular flexibility index (Phi) is 2.76.